The number of nitrogens with zero attached hydrogens (tertiary/aromatic N) is 1. The van der Waals surface area contributed by atoms with Crippen molar-refractivity contribution < 1.29 is 13.6 Å². The topological polar surface area (TPSA) is 109 Å². The van der Waals surface area contributed by atoms with Crippen LogP contribution in [0.4, 0.5) is 4.39 Å². The van der Waals surface area contributed by atoms with E-state index in [1.807, 2.05) is 6.07 Å². The van der Waals surface area contributed by atoms with Crippen LogP contribution < -0.4 is 16.5 Å². The highest BCUT2D eigenvalue weighted by molar-refractivity contribution is 5.79. The molecule has 0 saturated carbocycles. The van der Waals surface area contributed by atoms with Gasteiger partial charge in [0.2, 0.25) is 5.91 Å². The lowest BCUT2D eigenvalue weighted by Crippen LogP contribution is -2.32. The van der Waals surface area contributed by atoms with Gasteiger partial charge < -0.3 is 15.5 Å². The van der Waals surface area contributed by atoms with Crippen molar-refractivity contribution >= 4 is 16.9 Å². The Balaban J connectivity index is 2.01. The minimum Gasteiger partial charge on any atom is -0.460 e. The van der Waals surface area contributed by atoms with E-state index in [0.717, 1.165) is 5.56 Å². The Labute approximate surface area is 179 Å². The van der Waals surface area contributed by atoms with Gasteiger partial charge in [-0.3, -0.25) is 9.59 Å². The number of nitriles is 1. The van der Waals surface area contributed by atoms with Crippen molar-refractivity contribution in [2.45, 2.75) is 26.2 Å². The van der Waals surface area contributed by atoms with Crippen molar-refractivity contribution in [3.63, 3.8) is 0 Å². The Morgan fingerprint density at radius 1 is 1.29 bits per heavy atom. The number of hydrogen-bond acceptors (Lipinski definition) is 5. The molecular formula is C24H24FN3O3. The van der Waals surface area contributed by atoms with Gasteiger partial charge in [-0.05, 0) is 42.8 Å². The molecule has 3 aromatic rings. The van der Waals surface area contributed by atoms with Crippen LogP contribution in [0.1, 0.15) is 35.8 Å². The van der Waals surface area contributed by atoms with E-state index in [-0.39, 0.29) is 35.1 Å². The van der Waals surface area contributed by atoms with E-state index in [0.29, 0.717) is 36.4 Å². The molecule has 1 unspecified atom stereocenters. The predicted molar refractivity (Wildman–Crippen MR) is 116 cm³/mol. The minimum absolute atomic E-state index is 0.144. The summed E-state index contributed by atoms with van der Waals surface area (Å²) in [7, 11) is 0. The average Bonchev–Trinajstić information content (AvgIpc) is 2.76. The molecule has 1 aromatic heterocycles. The summed E-state index contributed by atoms with van der Waals surface area (Å²) in [6, 6.07) is 12.8. The van der Waals surface area contributed by atoms with Crippen LogP contribution in [0.5, 0.6) is 0 Å². The highest BCUT2D eigenvalue weighted by Gasteiger charge is 2.21. The number of rotatable bonds is 8. The Kier molecular flexibility index (Phi) is 7.16. The largest absolute Gasteiger partial charge is 0.460 e. The molecule has 160 valence electrons. The fraction of sp³-hybridized carbons (Fsp3) is 0.292. The summed E-state index contributed by atoms with van der Waals surface area (Å²) in [5, 5.41) is 12.2. The van der Waals surface area contributed by atoms with Crippen LogP contribution in [0.3, 0.4) is 0 Å². The van der Waals surface area contributed by atoms with E-state index >= 15 is 0 Å². The molecule has 6 nitrogen and oxygen atoms in total. The third kappa shape index (κ3) is 5.36. The van der Waals surface area contributed by atoms with Gasteiger partial charge in [0.05, 0.1) is 17.0 Å². The van der Waals surface area contributed by atoms with Gasteiger partial charge in [0.15, 0.2) is 5.43 Å². The van der Waals surface area contributed by atoms with E-state index in [9.17, 15) is 14.0 Å². The molecule has 0 bridgehead atoms. The SMILES string of the molecule is CC(Cc1oc2cc(F)ccc2c(=O)c1Cc1cccc(C#N)c1)C(=O)NCCCN. The standard InChI is InChI=1S/C24H24FN3O3/c1-15(24(30)28-9-3-8-26)10-21-20(12-16-4-2-5-17(11-16)14-27)23(29)19-7-6-18(25)13-22(19)31-21/h2,4-7,11,13,15H,3,8-10,12,26H2,1H3,(H,28,30). The fourth-order valence-electron chi connectivity index (χ4n) is 3.41. The maximum absolute atomic E-state index is 13.7. The van der Waals surface area contributed by atoms with Gasteiger partial charge in [0.25, 0.3) is 0 Å². The number of benzene rings is 2. The lowest BCUT2D eigenvalue weighted by molar-refractivity contribution is -0.124. The van der Waals surface area contributed by atoms with Gasteiger partial charge >= 0.3 is 0 Å². The van der Waals surface area contributed by atoms with Crippen molar-refractivity contribution in [1.29, 1.82) is 5.26 Å². The van der Waals surface area contributed by atoms with E-state index in [1.54, 1.807) is 25.1 Å². The van der Waals surface area contributed by atoms with Gasteiger partial charge in [0, 0.05) is 36.9 Å². The molecule has 1 amide bonds. The number of halogens is 1. The Morgan fingerprint density at radius 2 is 2.10 bits per heavy atom. The second kappa shape index (κ2) is 10.0. The number of nitrogens with one attached hydrogen (secondary N) is 1. The van der Waals surface area contributed by atoms with Crippen molar-refractivity contribution in [1.82, 2.24) is 5.32 Å². The molecule has 1 heterocycles. The summed E-state index contributed by atoms with van der Waals surface area (Å²) >= 11 is 0. The summed E-state index contributed by atoms with van der Waals surface area (Å²) in [6.07, 6.45) is 1.09. The summed E-state index contributed by atoms with van der Waals surface area (Å²) in [4.78, 5) is 25.6. The molecule has 31 heavy (non-hydrogen) atoms. The molecule has 3 rings (SSSR count). The highest BCUT2D eigenvalue weighted by atomic mass is 19.1. The molecule has 0 fully saturated rings. The average molecular weight is 421 g/mol. The zero-order valence-electron chi connectivity index (χ0n) is 17.3. The zero-order valence-corrected chi connectivity index (χ0v) is 17.3. The van der Waals surface area contributed by atoms with Crippen LogP contribution in [0.2, 0.25) is 0 Å². The molecule has 0 aliphatic rings. The highest BCUT2D eigenvalue weighted by Crippen LogP contribution is 2.22. The number of fused-ring (bicyclic) bond motifs is 1. The van der Waals surface area contributed by atoms with E-state index < -0.39 is 11.7 Å². The second-order valence-electron chi connectivity index (χ2n) is 7.50. The van der Waals surface area contributed by atoms with Gasteiger partial charge in [-0.25, -0.2) is 4.39 Å². The summed E-state index contributed by atoms with van der Waals surface area (Å²) in [5.74, 6) is -0.806. The molecule has 0 aliphatic carbocycles. The monoisotopic (exact) mass is 421 g/mol. The maximum atomic E-state index is 13.7. The third-order valence-electron chi connectivity index (χ3n) is 5.09. The number of carbonyl (C=O) groups is 1. The minimum atomic E-state index is -0.511. The summed E-state index contributed by atoms with van der Waals surface area (Å²) in [5.41, 5.74) is 6.99. The predicted octanol–water partition coefficient (Wildman–Crippen LogP) is 3.04. The third-order valence-corrected chi connectivity index (χ3v) is 5.09. The molecule has 0 saturated heterocycles. The molecule has 1 atom stereocenters. The normalized spacial score (nSPS) is 11.8. The molecule has 0 spiro atoms. The molecule has 2 aromatic carbocycles. The fourth-order valence-corrected chi connectivity index (χ4v) is 3.41. The van der Waals surface area contributed by atoms with Crippen molar-refractivity contribution in [3.05, 3.63) is 81.0 Å². The first-order valence-corrected chi connectivity index (χ1v) is 10.1. The zero-order chi connectivity index (χ0) is 22.4. The van der Waals surface area contributed by atoms with Gasteiger partial charge in [-0.2, -0.15) is 5.26 Å². The summed E-state index contributed by atoms with van der Waals surface area (Å²) in [6.45, 7) is 2.69. The first-order chi connectivity index (χ1) is 14.9. The lowest BCUT2D eigenvalue weighted by atomic mass is 9.96. The lowest BCUT2D eigenvalue weighted by Gasteiger charge is -2.15. The van der Waals surface area contributed by atoms with Crippen molar-refractivity contribution in [2.75, 3.05) is 13.1 Å². The van der Waals surface area contributed by atoms with Crippen LogP contribution >= 0.6 is 0 Å². The first-order valence-electron chi connectivity index (χ1n) is 10.1. The number of amides is 1. The van der Waals surface area contributed by atoms with Crippen molar-refractivity contribution in [2.24, 2.45) is 11.7 Å². The van der Waals surface area contributed by atoms with E-state index in [1.165, 1.54) is 18.2 Å². The van der Waals surface area contributed by atoms with Gasteiger partial charge in [0.1, 0.15) is 17.2 Å². The number of carbonyl (C=O) groups excluding carboxylic acids is 1. The molecule has 0 radical (unpaired) electrons. The van der Waals surface area contributed by atoms with Crippen LogP contribution in [-0.2, 0) is 17.6 Å². The van der Waals surface area contributed by atoms with Gasteiger partial charge in [-0.1, -0.05) is 19.1 Å². The molecule has 7 heteroatoms. The van der Waals surface area contributed by atoms with E-state index in [2.05, 4.69) is 11.4 Å². The van der Waals surface area contributed by atoms with Crippen LogP contribution in [-0.4, -0.2) is 19.0 Å². The smallest absolute Gasteiger partial charge is 0.223 e. The van der Waals surface area contributed by atoms with Crippen LogP contribution in [0.15, 0.2) is 51.7 Å². The summed E-state index contributed by atoms with van der Waals surface area (Å²) < 4.78 is 19.7. The first kappa shape index (κ1) is 22.2. The van der Waals surface area contributed by atoms with Crippen LogP contribution in [0, 0.1) is 23.1 Å². The number of nitrogens with two attached hydrogens (primary N) is 1. The van der Waals surface area contributed by atoms with Crippen LogP contribution in [0.25, 0.3) is 11.0 Å². The molecular weight excluding hydrogens is 397 g/mol. The Bertz CT molecular complexity index is 1200. The Morgan fingerprint density at radius 3 is 2.84 bits per heavy atom. The van der Waals surface area contributed by atoms with E-state index in [4.69, 9.17) is 15.4 Å². The Hall–Kier alpha value is -3.50. The van der Waals surface area contributed by atoms with Crippen molar-refractivity contribution in [3.8, 4) is 6.07 Å². The van der Waals surface area contributed by atoms with Gasteiger partial charge in [-0.15, -0.1) is 0 Å². The quantitative estimate of drug-likeness (QED) is 0.544. The second-order valence-corrected chi connectivity index (χ2v) is 7.50. The molecule has 0 aliphatic heterocycles. The molecule has 3 N–H and O–H groups in total. The number of hydrogen-bond donors (Lipinski definition) is 2. The maximum Gasteiger partial charge on any atom is 0.223 e.